The van der Waals surface area contributed by atoms with Gasteiger partial charge < -0.3 is 5.73 Å². The number of carbonyl (C=O) groups is 2. The van der Waals surface area contributed by atoms with E-state index in [2.05, 4.69) is 0 Å². The summed E-state index contributed by atoms with van der Waals surface area (Å²) >= 11 is 0. The van der Waals surface area contributed by atoms with Crippen LogP contribution in [0.2, 0.25) is 0 Å². The van der Waals surface area contributed by atoms with Gasteiger partial charge in [-0.3, -0.25) is 10.1 Å². The van der Waals surface area contributed by atoms with Crippen LogP contribution in [0.4, 0.5) is 4.79 Å². The van der Waals surface area contributed by atoms with Gasteiger partial charge in [0.25, 0.3) is 5.91 Å². The average molecular weight is 184 g/mol. The monoisotopic (exact) mass is 184 g/mol. The van der Waals surface area contributed by atoms with Crippen LogP contribution in [0.25, 0.3) is 0 Å². The zero-order valence-corrected chi connectivity index (χ0v) is 8.09. The Morgan fingerprint density at radius 2 is 2.08 bits per heavy atom. The number of rotatable bonds is 4. The van der Waals surface area contributed by atoms with E-state index in [9.17, 15) is 9.59 Å². The lowest BCUT2D eigenvalue weighted by atomic mass is 10.1. The third-order valence-corrected chi connectivity index (χ3v) is 1.68. The summed E-state index contributed by atoms with van der Waals surface area (Å²) in [6, 6.07) is -0.805. The van der Waals surface area contributed by atoms with Crippen LogP contribution < -0.4 is 11.1 Å². The highest BCUT2D eigenvalue weighted by Crippen LogP contribution is 2.06. The van der Waals surface area contributed by atoms with Crippen LogP contribution in [-0.4, -0.2) is 11.9 Å². The normalized spacial score (nSPS) is 11.1. The Morgan fingerprint density at radius 3 is 2.46 bits per heavy atom. The zero-order valence-electron chi connectivity index (χ0n) is 8.09. The minimum atomic E-state index is -0.805. The lowest BCUT2D eigenvalue weighted by Crippen LogP contribution is -2.35. The van der Waals surface area contributed by atoms with Crippen molar-refractivity contribution in [2.45, 2.75) is 33.1 Å². The van der Waals surface area contributed by atoms with E-state index in [4.69, 9.17) is 5.73 Å². The topological polar surface area (TPSA) is 72.2 Å². The number of urea groups is 1. The SMILES string of the molecule is C/C=C(/CCCC)C(=O)NC(N)=O. The number of hydrogen-bond acceptors (Lipinski definition) is 2. The highest BCUT2D eigenvalue weighted by Gasteiger charge is 2.08. The predicted molar refractivity (Wildman–Crippen MR) is 51.0 cm³/mol. The maximum atomic E-state index is 11.2. The van der Waals surface area contributed by atoms with Gasteiger partial charge in [-0.1, -0.05) is 19.4 Å². The van der Waals surface area contributed by atoms with Crippen LogP contribution in [0.3, 0.4) is 0 Å². The van der Waals surface area contributed by atoms with Gasteiger partial charge in [-0.25, -0.2) is 4.79 Å². The number of unbranched alkanes of at least 4 members (excludes halogenated alkanes) is 1. The van der Waals surface area contributed by atoms with Crippen molar-refractivity contribution in [3.63, 3.8) is 0 Å². The summed E-state index contributed by atoms with van der Waals surface area (Å²) < 4.78 is 0. The van der Waals surface area contributed by atoms with Gasteiger partial charge in [0.1, 0.15) is 0 Å². The first-order valence-electron chi connectivity index (χ1n) is 4.37. The van der Waals surface area contributed by atoms with Crippen molar-refractivity contribution in [1.82, 2.24) is 5.32 Å². The Balaban J connectivity index is 4.09. The molecule has 0 aromatic rings. The molecule has 3 N–H and O–H groups in total. The summed E-state index contributed by atoms with van der Waals surface area (Å²) in [5.74, 6) is -0.386. The molecule has 0 saturated heterocycles. The van der Waals surface area contributed by atoms with Gasteiger partial charge in [0, 0.05) is 5.57 Å². The molecular weight excluding hydrogens is 168 g/mol. The molecule has 4 nitrogen and oxygen atoms in total. The fraction of sp³-hybridized carbons (Fsp3) is 0.556. The highest BCUT2D eigenvalue weighted by molar-refractivity contribution is 6.03. The quantitative estimate of drug-likeness (QED) is 0.647. The van der Waals surface area contributed by atoms with Crippen LogP contribution in [0.5, 0.6) is 0 Å². The molecule has 0 aliphatic carbocycles. The minimum absolute atomic E-state index is 0.386. The molecule has 3 amide bonds. The molecule has 4 heteroatoms. The number of imide groups is 1. The first kappa shape index (κ1) is 11.7. The number of amides is 3. The molecule has 0 aromatic heterocycles. The van der Waals surface area contributed by atoms with E-state index in [1.807, 2.05) is 12.2 Å². The highest BCUT2D eigenvalue weighted by atomic mass is 16.2. The van der Waals surface area contributed by atoms with Gasteiger partial charge >= 0.3 is 6.03 Å². The summed E-state index contributed by atoms with van der Waals surface area (Å²) in [6.45, 7) is 3.81. The number of carbonyl (C=O) groups excluding carboxylic acids is 2. The van der Waals surface area contributed by atoms with E-state index < -0.39 is 6.03 Å². The van der Waals surface area contributed by atoms with E-state index in [-0.39, 0.29) is 5.91 Å². The second-order valence-electron chi connectivity index (χ2n) is 2.74. The summed E-state index contributed by atoms with van der Waals surface area (Å²) in [4.78, 5) is 21.6. The molecule has 0 spiro atoms. The fourth-order valence-electron chi connectivity index (χ4n) is 0.948. The lowest BCUT2D eigenvalue weighted by molar-refractivity contribution is -0.116. The fourth-order valence-corrected chi connectivity index (χ4v) is 0.948. The maximum absolute atomic E-state index is 11.2. The molecule has 74 valence electrons. The number of hydrogen-bond donors (Lipinski definition) is 2. The first-order valence-corrected chi connectivity index (χ1v) is 4.37. The number of nitrogens with two attached hydrogens (primary N) is 1. The molecule has 0 rings (SSSR count). The molecule has 0 saturated carbocycles. The van der Waals surface area contributed by atoms with Gasteiger partial charge in [-0.2, -0.15) is 0 Å². The molecule has 0 bridgehead atoms. The van der Waals surface area contributed by atoms with Crippen molar-refractivity contribution in [1.29, 1.82) is 0 Å². The molecule has 0 aliphatic rings. The van der Waals surface area contributed by atoms with Crippen molar-refractivity contribution >= 4 is 11.9 Å². The van der Waals surface area contributed by atoms with E-state index in [0.717, 1.165) is 12.8 Å². The van der Waals surface area contributed by atoms with Crippen LogP contribution in [-0.2, 0) is 4.79 Å². The summed E-state index contributed by atoms with van der Waals surface area (Å²) in [5, 5.41) is 2.03. The number of primary amides is 1. The second kappa shape index (κ2) is 6.22. The Labute approximate surface area is 78.2 Å². The standard InChI is InChI=1S/C9H16N2O2/c1-3-5-6-7(4-2)8(12)11-9(10)13/h4H,3,5-6H2,1-2H3,(H3,10,11,12,13)/b7-4-. The second-order valence-corrected chi connectivity index (χ2v) is 2.74. The van der Waals surface area contributed by atoms with E-state index in [1.165, 1.54) is 0 Å². The summed E-state index contributed by atoms with van der Waals surface area (Å²) in [5.41, 5.74) is 5.43. The van der Waals surface area contributed by atoms with Gasteiger partial charge in [-0.05, 0) is 19.8 Å². The van der Waals surface area contributed by atoms with Crippen LogP contribution in [0.1, 0.15) is 33.1 Å². The largest absolute Gasteiger partial charge is 0.351 e. The van der Waals surface area contributed by atoms with Crippen molar-refractivity contribution < 1.29 is 9.59 Å². The zero-order chi connectivity index (χ0) is 10.3. The van der Waals surface area contributed by atoms with Crippen molar-refractivity contribution in [3.05, 3.63) is 11.6 Å². The Morgan fingerprint density at radius 1 is 1.46 bits per heavy atom. The van der Waals surface area contributed by atoms with E-state index in [1.54, 1.807) is 13.0 Å². The molecule has 0 atom stereocenters. The third kappa shape index (κ3) is 5.00. The number of allylic oxidation sites excluding steroid dienone is 1. The molecule has 0 fully saturated rings. The van der Waals surface area contributed by atoms with Gasteiger partial charge in [0.2, 0.25) is 0 Å². The van der Waals surface area contributed by atoms with Crippen LogP contribution in [0, 0.1) is 0 Å². The molecule has 0 radical (unpaired) electrons. The lowest BCUT2D eigenvalue weighted by Gasteiger charge is -2.04. The Hall–Kier alpha value is -1.32. The van der Waals surface area contributed by atoms with Gasteiger partial charge in [0.05, 0.1) is 0 Å². The van der Waals surface area contributed by atoms with Crippen molar-refractivity contribution in [3.8, 4) is 0 Å². The summed E-state index contributed by atoms with van der Waals surface area (Å²) in [6.07, 6.45) is 4.34. The Kier molecular flexibility index (Phi) is 5.59. The average Bonchev–Trinajstić information content (AvgIpc) is 2.04. The molecule has 0 aliphatic heterocycles. The predicted octanol–water partition coefficient (Wildman–Crippen LogP) is 1.32. The molecular formula is C9H16N2O2. The van der Waals surface area contributed by atoms with E-state index >= 15 is 0 Å². The molecule has 13 heavy (non-hydrogen) atoms. The van der Waals surface area contributed by atoms with Crippen molar-refractivity contribution in [2.75, 3.05) is 0 Å². The van der Waals surface area contributed by atoms with E-state index in [0.29, 0.717) is 12.0 Å². The molecule has 0 heterocycles. The first-order chi connectivity index (χ1) is 6.11. The smallest absolute Gasteiger partial charge is 0.319 e. The van der Waals surface area contributed by atoms with Crippen LogP contribution in [0.15, 0.2) is 11.6 Å². The van der Waals surface area contributed by atoms with Gasteiger partial charge in [0.15, 0.2) is 0 Å². The molecule has 0 aromatic carbocycles. The van der Waals surface area contributed by atoms with Crippen molar-refractivity contribution in [2.24, 2.45) is 5.73 Å². The molecule has 0 unspecified atom stereocenters. The minimum Gasteiger partial charge on any atom is -0.351 e. The van der Waals surface area contributed by atoms with Crippen LogP contribution >= 0.6 is 0 Å². The summed E-state index contributed by atoms with van der Waals surface area (Å²) in [7, 11) is 0. The Bertz CT molecular complexity index is 222. The third-order valence-electron chi connectivity index (χ3n) is 1.68. The maximum Gasteiger partial charge on any atom is 0.319 e. The van der Waals surface area contributed by atoms with Gasteiger partial charge in [-0.15, -0.1) is 0 Å². The number of nitrogens with one attached hydrogen (secondary N) is 1.